The Morgan fingerprint density at radius 2 is 2.54 bits per heavy atom. The van der Waals surface area contributed by atoms with Crippen molar-refractivity contribution < 1.29 is 4.79 Å². The molecule has 1 aromatic rings. The lowest BCUT2D eigenvalue weighted by Gasteiger charge is -2.19. The molecule has 1 atom stereocenters. The Kier molecular flexibility index (Phi) is 1.83. The van der Waals surface area contributed by atoms with E-state index in [1.165, 1.54) is 5.56 Å². The number of amides is 1. The molecule has 0 bridgehead atoms. The molecule has 0 saturated heterocycles. The van der Waals surface area contributed by atoms with Gasteiger partial charge >= 0.3 is 0 Å². The quantitative estimate of drug-likeness (QED) is 0.660. The van der Waals surface area contributed by atoms with Crippen molar-refractivity contribution in [3.63, 3.8) is 0 Å². The molecule has 0 fully saturated rings. The summed E-state index contributed by atoms with van der Waals surface area (Å²) in [6.07, 6.45) is 4.43. The molecular weight excluding hydrogens is 166 g/mol. The fourth-order valence-corrected chi connectivity index (χ4v) is 1.89. The average Bonchev–Trinajstić information content (AvgIpc) is 2.47. The van der Waals surface area contributed by atoms with Gasteiger partial charge in [0.25, 0.3) is 0 Å². The van der Waals surface area contributed by atoms with E-state index in [9.17, 15) is 4.79 Å². The minimum absolute atomic E-state index is 0.00269. The van der Waals surface area contributed by atoms with E-state index in [1.54, 1.807) is 0 Å². The molecule has 0 radical (unpaired) electrons. The summed E-state index contributed by atoms with van der Waals surface area (Å²) in [5.74, 6) is -0.185. The first-order chi connectivity index (χ1) is 6.18. The number of aromatic nitrogens is 2. The summed E-state index contributed by atoms with van der Waals surface area (Å²) in [5.41, 5.74) is 7.70. The van der Waals surface area contributed by atoms with Crippen LogP contribution in [0.3, 0.4) is 0 Å². The number of nitrogens with zero attached hydrogens (tertiary/aromatic N) is 2. The smallest absolute Gasteiger partial charge is 0.220 e. The molecule has 2 rings (SSSR count). The molecule has 0 unspecified atom stereocenters. The number of hydrogen-bond donors (Lipinski definition) is 1. The van der Waals surface area contributed by atoms with E-state index in [1.807, 2.05) is 17.9 Å². The van der Waals surface area contributed by atoms with Gasteiger partial charge in [-0.25, -0.2) is 0 Å². The van der Waals surface area contributed by atoms with Crippen molar-refractivity contribution in [2.24, 2.45) is 18.7 Å². The summed E-state index contributed by atoms with van der Waals surface area (Å²) in [6.45, 7) is 0. The molecular formula is C9H13N3O. The minimum Gasteiger partial charge on any atom is -0.369 e. The number of carbonyl (C=O) groups excluding carboxylic acids is 1. The average molecular weight is 179 g/mol. The first kappa shape index (κ1) is 8.29. The SMILES string of the molecule is Cn1ncc2c1C[C@@H](C(N)=O)CC2. The van der Waals surface area contributed by atoms with E-state index in [2.05, 4.69) is 5.10 Å². The second-order valence-electron chi connectivity index (χ2n) is 3.58. The van der Waals surface area contributed by atoms with Crippen molar-refractivity contribution >= 4 is 5.91 Å². The molecule has 0 aliphatic heterocycles. The van der Waals surface area contributed by atoms with E-state index in [-0.39, 0.29) is 11.8 Å². The molecule has 4 heteroatoms. The van der Waals surface area contributed by atoms with Crippen LogP contribution in [0.1, 0.15) is 17.7 Å². The minimum atomic E-state index is -0.188. The van der Waals surface area contributed by atoms with Gasteiger partial charge < -0.3 is 5.73 Å². The number of carbonyl (C=O) groups is 1. The lowest BCUT2D eigenvalue weighted by molar-refractivity contribution is -0.122. The maximum absolute atomic E-state index is 11.0. The van der Waals surface area contributed by atoms with Crippen molar-refractivity contribution in [2.45, 2.75) is 19.3 Å². The molecule has 1 aliphatic carbocycles. The number of fused-ring (bicyclic) bond motifs is 1. The molecule has 1 amide bonds. The second kappa shape index (κ2) is 2.87. The van der Waals surface area contributed by atoms with Crippen molar-refractivity contribution in [1.29, 1.82) is 0 Å². The van der Waals surface area contributed by atoms with Crippen LogP contribution >= 0.6 is 0 Å². The van der Waals surface area contributed by atoms with Crippen LogP contribution in [0.5, 0.6) is 0 Å². The number of aryl methyl sites for hydroxylation is 2. The Morgan fingerprint density at radius 1 is 1.77 bits per heavy atom. The highest BCUT2D eigenvalue weighted by Gasteiger charge is 2.24. The number of nitrogens with two attached hydrogens (primary N) is 1. The Bertz CT molecular complexity index is 343. The van der Waals surface area contributed by atoms with Gasteiger partial charge in [0, 0.05) is 25.1 Å². The lowest BCUT2D eigenvalue weighted by atomic mass is 9.87. The zero-order chi connectivity index (χ0) is 9.42. The third kappa shape index (κ3) is 1.32. The van der Waals surface area contributed by atoms with Gasteiger partial charge in [0.15, 0.2) is 0 Å². The van der Waals surface area contributed by atoms with Gasteiger partial charge in [0.1, 0.15) is 0 Å². The van der Waals surface area contributed by atoms with Crippen LogP contribution < -0.4 is 5.73 Å². The zero-order valence-electron chi connectivity index (χ0n) is 7.66. The van der Waals surface area contributed by atoms with E-state index in [0.29, 0.717) is 0 Å². The van der Waals surface area contributed by atoms with E-state index < -0.39 is 0 Å². The molecule has 1 heterocycles. The normalized spacial score (nSPS) is 21.2. The molecule has 0 saturated carbocycles. The van der Waals surface area contributed by atoms with Crippen LogP contribution in [-0.4, -0.2) is 15.7 Å². The topological polar surface area (TPSA) is 60.9 Å². The summed E-state index contributed by atoms with van der Waals surface area (Å²) in [7, 11) is 1.90. The Morgan fingerprint density at radius 3 is 3.23 bits per heavy atom. The molecule has 70 valence electrons. The fraction of sp³-hybridized carbons (Fsp3) is 0.556. The van der Waals surface area contributed by atoms with Crippen LogP contribution in [0.2, 0.25) is 0 Å². The fourth-order valence-electron chi connectivity index (χ4n) is 1.89. The summed E-state index contributed by atoms with van der Waals surface area (Å²) in [5, 5.41) is 4.16. The molecule has 4 nitrogen and oxygen atoms in total. The first-order valence-corrected chi connectivity index (χ1v) is 4.47. The van der Waals surface area contributed by atoms with Crippen molar-refractivity contribution in [1.82, 2.24) is 9.78 Å². The van der Waals surface area contributed by atoms with Gasteiger partial charge in [0.2, 0.25) is 5.91 Å². The van der Waals surface area contributed by atoms with Gasteiger partial charge in [-0.2, -0.15) is 5.10 Å². The molecule has 0 spiro atoms. The second-order valence-corrected chi connectivity index (χ2v) is 3.58. The predicted molar refractivity (Wildman–Crippen MR) is 47.9 cm³/mol. The third-order valence-electron chi connectivity index (χ3n) is 2.75. The van der Waals surface area contributed by atoms with Gasteiger partial charge in [-0.15, -0.1) is 0 Å². The van der Waals surface area contributed by atoms with Crippen LogP contribution in [0.25, 0.3) is 0 Å². The van der Waals surface area contributed by atoms with Crippen molar-refractivity contribution in [3.8, 4) is 0 Å². The number of primary amides is 1. The Balaban J connectivity index is 2.27. The van der Waals surface area contributed by atoms with Crippen LogP contribution in [-0.2, 0) is 24.7 Å². The van der Waals surface area contributed by atoms with Crippen molar-refractivity contribution in [3.05, 3.63) is 17.5 Å². The van der Waals surface area contributed by atoms with Gasteiger partial charge in [-0.3, -0.25) is 9.48 Å². The highest BCUT2D eigenvalue weighted by Crippen LogP contribution is 2.24. The lowest BCUT2D eigenvalue weighted by Crippen LogP contribution is -2.29. The van der Waals surface area contributed by atoms with Crippen LogP contribution in [0.4, 0.5) is 0 Å². The Hall–Kier alpha value is -1.32. The number of rotatable bonds is 1. The third-order valence-corrected chi connectivity index (χ3v) is 2.75. The first-order valence-electron chi connectivity index (χ1n) is 4.47. The van der Waals surface area contributed by atoms with Crippen LogP contribution in [0, 0.1) is 5.92 Å². The largest absolute Gasteiger partial charge is 0.369 e. The van der Waals surface area contributed by atoms with Crippen LogP contribution in [0.15, 0.2) is 6.20 Å². The van der Waals surface area contributed by atoms with E-state index in [4.69, 9.17) is 5.73 Å². The molecule has 0 aromatic carbocycles. The van der Waals surface area contributed by atoms with Gasteiger partial charge in [-0.1, -0.05) is 0 Å². The van der Waals surface area contributed by atoms with Crippen molar-refractivity contribution in [2.75, 3.05) is 0 Å². The van der Waals surface area contributed by atoms with E-state index in [0.717, 1.165) is 25.0 Å². The summed E-state index contributed by atoms with van der Waals surface area (Å²) in [6, 6.07) is 0. The molecule has 13 heavy (non-hydrogen) atoms. The Labute approximate surface area is 76.7 Å². The summed E-state index contributed by atoms with van der Waals surface area (Å²) >= 11 is 0. The van der Waals surface area contributed by atoms with Gasteiger partial charge in [0.05, 0.1) is 6.20 Å². The molecule has 1 aromatic heterocycles. The maximum atomic E-state index is 11.0. The monoisotopic (exact) mass is 179 g/mol. The standard InChI is InChI=1S/C9H13N3O/c1-12-8-4-6(9(10)13)2-3-7(8)5-11-12/h5-6H,2-4H2,1H3,(H2,10,13)/t6-/m0/s1. The number of hydrogen-bond acceptors (Lipinski definition) is 2. The van der Waals surface area contributed by atoms with E-state index >= 15 is 0 Å². The predicted octanol–water partition coefficient (Wildman–Crippen LogP) is 0.0103. The summed E-state index contributed by atoms with van der Waals surface area (Å²) < 4.78 is 1.84. The maximum Gasteiger partial charge on any atom is 0.220 e. The van der Waals surface area contributed by atoms with Gasteiger partial charge in [-0.05, 0) is 18.4 Å². The summed E-state index contributed by atoms with van der Waals surface area (Å²) in [4.78, 5) is 11.0. The highest BCUT2D eigenvalue weighted by atomic mass is 16.1. The zero-order valence-corrected chi connectivity index (χ0v) is 7.66. The highest BCUT2D eigenvalue weighted by molar-refractivity contribution is 5.77. The molecule has 1 aliphatic rings. The molecule has 2 N–H and O–H groups in total.